The van der Waals surface area contributed by atoms with Crippen molar-refractivity contribution in [1.82, 2.24) is 0 Å². The van der Waals surface area contributed by atoms with E-state index in [4.69, 9.17) is 0 Å². The summed E-state index contributed by atoms with van der Waals surface area (Å²) in [5.74, 6) is 0.0413. The van der Waals surface area contributed by atoms with Crippen LogP contribution in [-0.2, 0) is 12.8 Å². The fourth-order valence-corrected chi connectivity index (χ4v) is 4.12. The van der Waals surface area contributed by atoms with Crippen LogP contribution in [0.25, 0.3) is 16.8 Å². The molecule has 0 aliphatic heterocycles. The van der Waals surface area contributed by atoms with E-state index in [1.165, 1.54) is 43.2 Å². The van der Waals surface area contributed by atoms with E-state index in [1.807, 2.05) is 42.5 Å². The fraction of sp³-hybridized carbons (Fsp3) is 0.194. The molecule has 0 N–H and O–H groups in total. The molecule has 0 heterocycles. The lowest BCUT2D eigenvalue weighted by molar-refractivity contribution is 0.104. The summed E-state index contributed by atoms with van der Waals surface area (Å²) in [7, 11) is 0. The standard InChI is InChI=1S/C31H30O/c32-31(30-21-20-28-17-8-9-18-29(28)24-30)22-19-27-16-10-15-26(23-27)14-5-2-1-4-11-25-12-6-3-7-13-25/h3,6-10,12-13,15-24H,1-2,4-5,11,14H2. The second-order valence-corrected chi connectivity index (χ2v) is 8.40. The van der Waals surface area contributed by atoms with Crippen LogP contribution in [0.4, 0.5) is 0 Å². The second-order valence-electron chi connectivity index (χ2n) is 8.40. The van der Waals surface area contributed by atoms with Crippen LogP contribution in [0.2, 0.25) is 0 Å². The highest BCUT2D eigenvalue weighted by Gasteiger charge is 2.03. The number of fused-ring (bicyclic) bond motifs is 1. The number of rotatable bonds is 10. The van der Waals surface area contributed by atoms with Gasteiger partial charge in [-0.25, -0.2) is 0 Å². The molecule has 0 bridgehead atoms. The maximum atomic E-state index is 12.6. The van der Waals surface area contributed by atoms with Gasteiger partial charge in [0.15, 0.2) is 5.78 Å². The van der Waals surface area contributed by atoms with Gasteiger partial charge in [-0.05, 0) is 65.3 Å². The van der Waals surface area contributed by atoms with Crippen LogP contribution in [0, 0.1) is 0 Å². The molecule has 0 atom stereocenters. The summed E-state index contributed by atoms with van der Waals surface area (Å²) in [5.41, 5.74) is 4.59. The Morgan fingerprint density at radius 1 is 0.594 bits per heavy atom. The van der Waals surface area contributed by atoms with Gasteiger partial charge >= 0.3 is 0 Å². The third kappa shape index (κ3) is 6.28. The second kappa shape index (κ2) is 11.2. The van der Waals surface area contributed by atoms with E-state index in [2.05, 4.69) is 60.7 Å². The Hall–Kier alpha value is -3.45. The highest BCUT2D eigenvalue weighted by atomic mass is 16.1. The molecule has 1 nitrogen and oxygen atoms in total. The van der Waals surface area contributed by atoms with Gasteiger partial charge in [0.25, 0.3) is 0 Å². The Kier molecular flexibility index (Phi) is 7.65. The lowest BCUT2D eigenvalue weighted by atomic mass is 10.0. The predicted molar refractivity (Wildman–Crippen MR) is 136 cm³/mol. The lowest BCUT2D eigenvalue weighted by Gasteiger charge is -2.04. The summed E-state index contributed by atoms with van der Waals surface area (Å²) in [6, 6.07) is 33.3. The number of ketones is 1. The molecular weight excluding hydrogens is 388 g/mol. The first-order chi connectivity index (χ1) is 15.8. The minimum atomic E-state index is 0.0413. The molecule has 4 rings (SSSR count). The summed E-state index contributed by atoms with van der Waals surface area (Å²) < 4.78 is 0. The zero-order valence-corrected chi connectivity index (χ0v) is 18.5. The zero-order chi connectivity index (χ0) is 22.0. The van der Waals surface area contributed by atoms with Gasteiger partial charge in [0.1, 0.15) is 0 Å². The van der Waals surface area contributed by atoms with Gasteiger partial charge in [0, 0.05) is 5.56 Å². The number of unbranched alkanes of at least 4 members (excludes halogenated alkanes) is 3. The van der Waals surface area contributed by atoms with Crippen LogP contribution in [0.5, 0.6) is 0 Å². The Labute approximate surface area is 191 Å². The van der Waals surface area contributed by atoms with Crippen LogP contribution >= 0.6 is 0 Å². The number of allylic oxidation sites excluding steroid dienone is 1. The van der Waals surface area contributed by atoms with Crippen LogP contribution in [0.1, 0.15) is 52.7 Å². The summed E-state index contributed by atoms with van der Waals surface area (Å²) in [6.45, 7) is 0. The number of hydrogen-bond donors (Lipinski definition) is 0. The maximum Gasteiger partial charge on any atom is 0.185 e. The molecule has 4 aromatic carbocycles. The molecule has 0 unspecified atom stereocenters. The SMILES string of the molecule is O=C(C=Cc1cccc(CCCCCCc2ccccc2)c1)c1ccc2ccccc2c1. The number of hydrogen-bond acceptors (Lipinski definition) is 1. The van der Waals surface area contributed by atoms with Crippen LogP contribution in [-0.4, -0.2) is 5.78 Å². The molecule has 32 heavy (non-hydrogen) atoms. The molecule has 4 aromatic rings. The third-order valence-corrected chi connectivity index (χ3v) is 5.94. The van der Waals surface area contributed by atoms with Crippen molar-refractivity contribution in [2.75, 3.05) is 0 Å². The van der Waals surface area contributed by atoms with Gasteiger partial charge in [-0.3, -0.25) is 4.79 Å². The maximum absolute atomic E-state index is 12.6. The molecule has 160 valence electrons. The summed E-state index contributed by atoms with van der Waals surface area (Å²) in [5, 5.41) is 2.25. The van der Waals surface area contributed by atoms with Gasteiger partial charge < -0.3 is 0 Å². The Morgan fingerprint density at radius 3 is 2.09 bits per heavy atom. The average molecular weight is 419 g/mol. The molecule has 0 saturated carbocycles. The van der Waals surface area contributed by atoms with Crippen molar-refractivity contribution in [3.05, 3.63) is 125 Å². The molecule has 0 spiro atoms. The number of carbonyl (C=O) groups is 1. The van der Waals surface area contributed by atoms with Gasteiger partial charge in [0.05, 0.1) is 0 Å². The van der Waals surface area contributed by atoms with E-state index >= 15 is 0 Å². The first-order valence-electron chi connectivity index (χ1n) is 11.6. The Balaban J connectivity index is 1.25. The van der Waals surface area contributed by atoms with Crippen LogP contribution < -0.4 is 0 Å². The molecular formula is C31H30O. The molecule has 0 amide bonds. The first kappa shape index (κ1) is 21.8. The minimum absolute atomic E-state index is 0.0413. The average Bonchev–Trinajstić information content (AvgIpc) is 2.85. The summed E-state index contributed by atoms with van der Waals surface area (Å²) in [4.78, 5) is 12.6. The summed E-state index contributed by atoms with van der Waals surface area (Å²) >= 11 is 0. The molecule has 0 radical (unpaired) electrons. The van der Waals surface area contributed by atoms with E-state index in [0.29, 0.717) is 0 Å². The van der Waals surface area contributed by atoms with E-state index in [-0.39, 0.29) is 5.78 Å². The Morgan fingerprint density at radius 2 is 1.28 bits per heavy atom. The minimum Gasteiger partial charge on any atom is -0.289 e. The zero-order valence-electron chi connectivity index (χ0n) is 18.5. The van der Waals surface area contributed by atoms with Crippen molar-refractivity contribution in [3.63, 3.8) is 0 Å². The quantitative estimate of drug-likeness (QED) is 0.144. The van der Waals surface area contributed by atoms with E-state index in [1.54, 1.807) is 6.08 Å². The Bertz CT molecular complexity index is 1190. The van der Waals surface area contributed by atoms with Crippen molar-refractivity contribution in [2.45, 2.75) is 38.5 Å². The van der Waals surface area contributed by atoms with Gasteiger partial charge in [-0.1, -0.05) is 110 Å². The molecule has 0 aliphatic rings. The molecule has 0 aliphatic carbocycles. The van der Waals surface area contributed by atoms with Crippen molar-refractivity contribution in [1.29, 1.82) is 0 Å². The smallest absolute Gasteiger partial charge is 0.185 e. The van der Waals surface area contributed by atoms with Crippen molar-refractivity contribution in [2.24, 2.45) is 0 Å². The highest BCUT2D eigenvalue weighted by molar-refractivity contribution is 6.08. The molecule has 0 aromatic heterocycles. The summed E-state index contributed by atoms with van der Waals surface area (Å²) in [6.07, 6.45) is 10.9. The monoisotopic (exact) mass is 418 g/mol. The third-order valence-electron chi connectivity index (χ3n) is 5.94. The lowest BCUT2D eigenvalue weighted by Crippen LogP contribution is -1.94. The van der Waals surface area contributed by atoms with Gasteiger partial charge in [0.2, 0.25) is 0 Å². The highest BCUT2D eigenvalue weighted by Crippen LogP contribution is 2.17. The number of benzene rings is 4. The molecule has 0 saturated heterocycles. The fourth-order valence-electron chi connectivity index (χ4n) is 4.12. The number of aryl methyl sites for hydroxylation is 2. The first-order valence-corrected chi connectivity index (χ1v) is 11.6. The normalized spacial score (nSPS) is 11.2. The predicted octanol–water partition coefficient (Wildman–Crippen LogP) is 8.08. The van der Waals surface area contributed by atoms with Crippen molar-refractivity contribution in [3.8, 4) is 0 Å². The van der Waals surface area contributed by atoms with E-state index in [0.717, 1.165) is 28.3 Å². The van der Waals surface area contributed by atoms with E-state index < -0.39 is 0 Å². The van der Waals surface area contributed by atoms with E-state index in [9.17, 15) is 4.79 Å². The van der Waals surface area contributed by atoms with Gasteiger partial charge in [-0.15, -0.1) is 0 Å². The van der Waals surface area contributed by atoms with Crippen LogP contribution in [0.3, 0.4) is 0 Å². The number of carbonyl (C=O) groups excluding carboxylic acids is 1. The van der Waals surface area contributed by atoms with Gasteiger partial charge in [-0.2, -0.15) is 0 Å². The van der Waals surface area contributed by atoms with Crippen molar-refractivity contribution >= 4 is 22.6 Å². The van der Waals surface area contributed by atoms with Crippen LogP contribution in [0.15, 0.2) is 103 Å². The molecule has 0 fully saturated rings. The van der Waals surface area contributed by atoms with Crippen molar-refractivity contribution < 1.29 is 4.79 Å². The molecule has 1 heteroatoms. The largest absolute Gasteiger partial charge is 0.289 e. The topological polar surface area (TPSA) is 17.1 Å².